The van der Waals surface area contributed by atoms with Gasteiger partial charge < -0.3 is 11.1 Å². The molecule has 1 atom stereocenters. The Labute approximate surface area is 156 Å². The topological polar surface area (TPSA) is 83.8 Å². The standard InChI is InChI=1S/C17H21BrN4O.ClH/c1-9(2)15-14(18)16(22-21-15)17(23)20-13-5-3-4-10-8-11(19)6-7-12(10)13;/h6-9,13H,3-5,19H2,1-2H3,(H,20,23)(H,21,22);1H. The number of rotatable bonds is 3. The number of benzene rings is 1. The number of anilines is 1. The highest BCUT2D eigenvalue weighted by Gasteiger charge is 2.25. The minimum atomic E-state index is -0.158. The first-order chi connectivity index (χ1) is 11.0. The van der Waals surface area contributed by atoms with Gasteiger partial charge in [0.1, 0.15) is 0 Å². The second-order valence-corrected chi connectivity index (χ2v) is 7.12. The number of H-pyrrole nitrogens is 1. The van der Waals surface area contributed by atoms with Crippen LogP contribution in [0.5, 0.6) is 0 Å². The van der Waals surface area contributed by atoms with Gasteiger partial charge in [-0.05, 0) is 64.4 Å². The van der Waals surface area contributed by atoms with Gasteiger partial charge in [0.2, 0.25) is 0 Å². The molecule has 1 aromatic carbocycles. The summed E-state index contributed by atoms with van der Waals surface area (Å²) >= 11 is 3.49. The van der Waals surface area contributed by atoms with Gasteiger partial charge in [-0.2, -0.15) is 5.10 Å². The predicted molar refractivity (Wildman–Crippen MR) is 102 cm³/mol. The van der Waals surface area contributed by atoms with Gasteiger partial charge in [0.05, 0.1) is 16.2 Å². The van der Waals surface area contributed by atoms with Crippen molar-refractivity contribution in [2.75, 3.05) is 5.73 Å². The summed E-state index contributed by atoms with van der Waals surface area (Å²) in [5.74, 6) is 0.117. The van der Waals surface area contributed by atoms with Crippen molar-refractivity contribution in [3.63, 3.8) is 0 Å². The Kier molecular flexibility index (Phi) is 5.93. The molecule has 3 rings (SSSR count). The van der Waals surface area contributed by atoms with E-state index in [0.717, 1.165) is 40.7 Å². The third-order valence-corrected chi connectivity index (χ3v) is 5.11. The number of amides is 1. The number of aryl methyl sites for hydroxylation is 1. The Hall–Kier alpha value is -1.53. The normalized spacial score (nSPS) is 16.4. The molecule has 0 aliphatic heterocycles. The number of nitrogens with two attached hydrogens (primary N) is 1. The number of nitrogen functional groups attached to an aromatic ring is 1. The molecular formula is C17H22BrClN4O. The molecule has 0 saturated carbocycles. The quantitative estimate of drug-likeness (QED) is 0.662. The molecule has 0 saturated heterocycles. The maximum atomic E-state index is 12.6. The molecule has 1 unspecified atom stereocenters. The molecule has 1 heterocycles. The van der Waals surface area contributed by atoms with Gasteiger partial charge in [-0.25, -0.2) is 0 Å². The number of hydrogen-bond acceptors (Lipinski definition) is 3. The second kappa shape index (κ2) is 7.57. The smallest absolute Gasteiger partial charge is 0.273 e. The van der Waals surface area contributed by atoms with Crippen LogP contribution in [0.4, 0.5) is 5.69 Å². The molecule has 1 amide bonds. The van der Waals surface area contributed by atoms with E-state index in [-0.39, 0.29) is 30.3 Å². The fourth-order valence-electron chi connectivity index (χ4n) is 3.09. The zero-order valence-electron chi connectivity index (χ0n) is 13.7. The Balaban J connectivity index is 0.00000208. The predicted octanol–water partition coefficient (Wildman–Crippen LogP) is 4.11. The summed E-state index contributed by atoms with van der Waals surface area (Å²) in [6.07, 6.45) is 2.98. The van der Waals surface area contributed by atoms with Crippen LogP contribution in [0.3, 0.4) is 0 Å². The Bertz CT molecular complexity index is 744. The first-order valence-corrected chi connectivity index (χ1v) is 8.69. The van der Waals surface area contributed by atoms with Crippen LogP contribution in [0, 0.1) is 0 Å². The average molecular weight is 414 g/mol. The molecule has 24 heavy (non-hydrogen) atoms. The van der Waals surface area contributed by atoms with E-state index in [0.29, 0.717) is 5.69 Å². The van der Waals surface area contributed by atoms with E-state index in [1.54, 1.807) is 0 Å². The van der Waals surface area contributed by atoms with Gasteiger partial charge in [-0.3, -0.25) is 9.89 Å². The third-order valence-electron chi connectivity index (χ3n) is 4.31. The highest BCUT2D eigenvalue weighted by Crippen LogP contribution is 2.32. The van der Waals surface area contributed by atoms with Gasteiger partial charge in [-0.1, -0.05) is 19.9 Å². The lowest BCUT2D eigenvalue weighted by Crippen LogP contribution is -2.31. The van der Waals surface area contributed by atoms with E-state index in [1.165, 1.54) is 5.56 Å². The number of halogens is 2. The SMILES string of the molecule is CC(C)c1[nH]nc(C(=O)NC2CCCc3cc(N)ccc32)c1Br.Cl. The number of carbonyl (C=O) groups is 1. The van der Waals surface area contributed by atoms with E-state index in [1.807, 2.05) is 18.2 Å². The summed E-state index contributed by atoms with van der Waals surface area (Å²) in [4.78, 5) is 12.6. The van der Waals surface area contributed by atoms with Crippen LogP contribution in [0.1, 0.15) is 66.0 Å². The Morgan fingerprint density at radius 3 is 2.88 bits per heavy atom. The van der Waals surface area contributed by atoms with Crippen LogP contribution in [-0.4, -0.2) is 16.1 Å². The largest absolute Gasteiger partial charge is 0.399 e. The highest BCUT2D eigenvalue weighted by molar-refractivity contribution is 9.10. The zero-order chi connectivity index (χ0) is 16.6. The van der Waals surface area contributed by atoms with Crippen molar-refractivity contribution in [2.24, 2.45) is 0 Å². The zero-order valence-corrected chi connectivity index (χ0v) is 16.1. The number of hydrogen-bond donors (Lipinski definition) is 3. The minimum Gasteiger partial charge on any atom is -0.399 e. The fraction of sp³-hybridized carbons (Fsp3) is 0.412. The van der Waals surface area contributed by atoms with E-state index in [2.05, 4.69) is 45.3 Å². The van der Waals surface area contributed by atoms with Crippen LogP contribution in [0.15, 0.2) is 22.7 Å². The molecule has 4 N–H and O–H groups in total. The lowest BCUT2D eigenvalue weighted by atomic mass is 9.87. The molecular weight excluding hydrogens is 392 g/mol. The van der Waals surface area contributed by atoms with Gasteiger partial charge >= 0.3 is 0 Å². The number of nitrogens with zero attached hydrogens (tertiary/aromatic N) is 1. The molecule has 0 radical (unpaired) electrons. The lowest BCUT2D eigenvalue weighted by molar-refractivity contribution is 0.0927. The molecule has 0 bridgehead atoms. The van der Waals surface area contributed by atoms with Crippen molar-refractivity contribution in [1.82, 2.24) is 15.5 Å². The van der Waals surface area contributed by atoms with Crippen molar-refractivity contribution in [3.8, 4) is 0 Å². The summed E-state index contributed by atoms with van der Waals surface area (Å²) < 4.78 is 0.748. The summed E-state index contributed by atoms with van der Waals surface area (Å²) in [5, 5.41) is 10.2. The van der Waals surface area contributed by atoms with E-state index in [9.17, 15) is 4.79 Å². The van der Waals surface area contributed by atoms with Crippen molar-refractivity contribution in [2.45, 2.75) is 45.1 Å². The maximum Gasteiger partial charge on any atom is 0.273 e. The number of carbonyl (C=O) groups excluding carboxylic acids is 1. The number of aromatic amines is 1. The van der Waals surface area contributed by atoms with Crippen molar-refractivity contribution >= 4 is 39.9 Å². The molecule has 7 heteroatoms. The number of aromatic nitrogens is 2. The average Bonchev–Trinajstić information content (AvgIpc) is 2.89. The molecule has 0 spiro atoms. The first kappa shape index (κ1) is 18.8. The molecule has 0 fully saturated rings. The van der Waals surface area contributed by atoms with Crippen LogP contribution in [0.2, 0.25) is 0 Å². The molecule has 1 aliphatic rings. The number of fused-ring (bicyclic) bond motifs is 1. The summed E-state index contributed by atoms with van der Waals surface area (Å²) in [6.45, 7) is 4.11. The monoisotopic (exact) mass is 412 g/mol. The van der Waals surface area contributed by atoms with Crippen LogP contribution in [-0.2, 0) is 6.42 Å². The van der Waals surface area contributed by atoms with Gasteiger partial charge in [0.15, 0.2) is 5.69 Å². The molecule has 2 aromatic rings. The molecule has 1 aromatic heterocycles. The van der Waals surface area contributed by atoms with Gasteiger partial charge in [-0.15, -0.1) is 12.4 Å². The summed E-state index contributed by atoms with van der Waals surface area (Å²) in [7, 11) is 0. The third kappa shape index (κ3) is 3.59. The van der Waals surface area contributed by atoms with Crippen LogP contribution in [0.25, 0.3) is 0 Å². The first-order valence-electron chi connectivity index (χ1n) is 7.90. The van der Waals surface area contributed by atoms with Crippen molar-refractivity contribution in [3.05, 3.63) is 45.2 Å². The number of nitrogens with one attached hydrogen (secondary N) is 2. The maximum absolute atomic E-state index is 12.6. The Morgan fingerprint density at radius 2 is 2.21 bits per heavy atom. The summed E-state index contributed by atoms with van der Waals surface area (Å²) in [5.41, 5.74) is 10.4. The minimum absolute atomic E-state index is 0. The molecule has 5 nitrogen and oxygen atoms in total. The summed E-state index contributed by atoms with van der Waals surface area (Å²) in [6, 6.07) is 5.94. The second-order valence-electron chi connectivity index (χ2n) is 6.33. The van der Waals surface area contributed by atoms with Crippen molar-refractivity contribution in [1.29, 1.82) is 0 Å². The van der Waals surface area contributed by atoms with E-state index >= 15 is 0 Å². The molecule has 130 valence electrons. The van der Waals surface area contributed by atoms with Crippen molar-refractivity contribution < 1.29 is 4.79 Å². The lowest BCUT2D eigenvalue weighted by Gasteiger charge is -2.26. The Morgan fingerprint density at radius 1 is 1.46 bits per heavy atom. The van der Waals surface area contributed by atoms with Gasteiger partial charge in [0.25, 0.3) is 5.91 Å². The highest BCUT2D eigenvalue weighted by atomic mass is 79.9. The van der Waals surface area contributed by atoms with Gasteiger partial charge in [0, 0.05) is 5.69 Å². The fourth-order valence-corrected chi connectivity index (χ4v) is 3.90. The van der Waals surface area contributed by atoms with Crippen LogP contribution >= 0.6 is 28.3 Å². The van der Waals surface area contributed by atoms with E-state index in [4.69, 9.17) is 5.73 Å². The van der Waals surface area contributed by atoms with Crippen LogP contribution < -0.4 is 11.1 Å². The van der Waals surface area contributed by atoms with E-state index < -0.39 is 0 Å². The molecule has 1 aliphatic carbocycles.